The maximum absolute atomic E-state index is 13.2. The molecular weight excluding hydrogens is 362 g/mol. The summed E-state index contributed by atoms with van der Waals surface area (Å²) in [6.45, 7) is 7.67. The van der Waals surface area contributed by atoms with Crippen LogP contribution in [0.1, 0.15) is 19.4 Å². The van der Waals surface area contributed by atoms with Crippen molar-refractivity contribution in [1.29, 1.82) is 0 Å². The number of amides is 1. The summed E-state index contributed by atoms with van der Waals surface area (Å²) in [6, 6.07) is 16.9. The summed E-state index contributed by atoms with van der Waals surface area (Å²) in [6.07, 6.45) is 0.771. The topological polar surface area (TPSA) is 44.8 Å². The van der Waals surface area contributed by atoms with E-state index in [0.717, 1.165) is 38.3 Å². The first-order valence-electron chi connectivity index (χ1n) is 10.6. The standard InChI is InChI=1S/C24H31N3O2/c1-17(2)15-25-24(28)21-13-18-9-10-20(29-3)14-22(18)27-12-11-26(16-23(21)27)19-7-5-4-6-8-19/h4-10,14,17,21,23H,11-13,15-16H2,1-3H3,(H,25,28). The van der Waals surface area contributed by atoms with Crippen LogP contribution < -0.4 is 19.9 Å². The number of anilines is 2. The molecule has 2 aromatic carbocycles. The van der Waals surface area contributed by atoms with E-state index < -0.39 is 0 Å². The highest BCUT2D eigenvalue weighted by atomic mass is 16.5. The molecule has 2 heterocycles. The first-order valence-corrected chi connectivity index (χ1v) is 10.6. The minimum Gasteiger partial charge on any atom is -0.497 e. The maximum atomic E-state index is 13.2. The van der Waals surface area contributed by atoms with Crippen LogP contribution in [0.3, 0.4) is 0 Å². The van der Waals surface area contributed by atoms with Crippen LogP contribution in [-0.4, -0.2) is 45.2 Å². The molecule has 2 unspecified atom stereocenters. The van der Waals surface area contributed by atoms with E-state index in [1.54, 1.807) is 7.11 Å². The summed E-state index contributed by atoms with van der Waals surface area (Å²) < 4.78 is 5.47. The van der Waals surface area contributed by atoms with Crippen molar-refractivity contribution in [3.8, 4) is 5.75 Å². The Morgan fingerprint density at radius 3 is 2.69 bits per heavy atom. The normalized spacial score (nSPS) is 20.8. The highest BCUT2D eigenvalue weighted by Gasteiger charge is 2.41. The third-order valence-corrected chi connectivity index (χ3v) is 6.07. The predicted molar refractivity (Wildman–Crippen MR) is 118 cm³/mol. The molecule has 2 aliphatic rings. The van der Waals surface area contributed by atoms with Crippen molar-refractivity contribution in [3.63, 3.8) is 0 Å². The van der Waals surface area contributed by atoms with Crippen LogP contribution in [0.5, 0.6) is 5.75 Å². The number of carbonyl (C=O) groups excluding carboxylic acids is 1. The lowest BCUT2D eigenvalue weighted by Crippen LogP contribution is -2.61. The monoisotopic (exact) mass is 393 g/mol. The van der Waals surface area contributed by atoms with E-state index in [9.17, 15) is 4.79 Å². The van der Waals surface area contributed by atoms with Gasteiger partial charge in [-0.1, -0.05) is 38.1 Å². The summed E-state index contributed by atoms with van der Waals surface area (Å²) >= 11 is 0. The zero-order chi connectivity index (χ0) is 20.4. The molecule has 0 spiro atoms. The molecular formula is C24H31N3O2. The highest BCUT2D eigenvalue weighted by molar-refractivity contribution is 5.82. The van der Waals surface area contributed by atoms with Crippen LogP contribution in [0.4, 0.5) is 11.4 Å². The Morgan fingerprint density at radius 1 is 1.17 bits per heavy atom. The van der Waals surface area contributed by atoms with Gasteiger partial charge in [-0.15, -0.1) is 0 Å². The van der Waals surface area contributed by atoms with Crippen molar-refractivity contribution in [2.24, 2.45) is 11.8 Å². The Balaban J connectivity index is 1.64. The number of hydrogen-bond acceptors (Lipinski definition) is 4. The molecule has 0 radical (unpaired) electrons. The molecule has 1 fully saturated rings. The van der Waals surface area contributed by atoms with Crippen molar-refractivity contribution in [2.75, 3.05) is 43.1 Å². The van der Waals surface area contributed by atoms with E-state index >= 15 is 0 Å². The van der Waals surface area contributed by atoms with E-state index in [0.29, 0.717) is 5.92 Å². The smallest absolute Gasteiger partial charge is 0.225 e. The number of rotatable bonds is 5. The molecule has 5 nitrogen and oxygen atoms in total. The molecule has 2 aromatic rings. The van der Waals surface area contributed by atoms with Gasteiger partial charge < -0.3 is 19.9 Å². The van der Waals surface area contributed by atoms with E-state index in [4.69, 9.17) is 4.74 Å². The van der Waals surface area contributed by atoms with E-state index in [1.165, 1.54) is 16.9 Å². The number of nitrogens with zero attached hydrogens (tertiary/aromatic N) is 2. The van der Waals surface area contributed by atoms with Gasteiger partial charge >= 0.3 is 0 Å². The van der Waals surface area contributed by atoms with Crippen molar-refractivity contribution in [3.05, 3.63) is 54.1 Å². The molecule has 0 aliphatic carbocycles. The Morgan fingerprint density at radius 2 is 1.97 bits per heavy atom. The highest BCUT2D eigenvalue weighted by Crippen LogP contribution is 2.38. The summed E-state index contributed by atoms with van der Waals surface area (Å²) in [5, 5.41) is 3.18. The third kappa shape index (κ3) is 4.04. The fraction of sp³-hybridized carbons (Fsp3) is 0.458. The predicted octanol–water partition coefficient (Wildman–Crippen LogP) is 3.33. The molecule has 0 aromatic heterocycles. The van der Waals surface area contributed by atoms with Crippen molar-refractivity contribution in [1.82, 2.24) is 5.32 Å². The number of benzene rings is 2. The molecule has 0 saturated carbocycles. The maximum Gasteiger partial charge on any atom is 0.225 e. The molecule has 1 amide bonds. The lowest BCUT2D eigenvalue weighted by Gasteiger charge is -2.49. The first-order chi connectivity index (χ1) is 14.1. The van der Waals surface area contributed by atoms with Crippen molar-refractivity contribution >= 4 is 17.3 Å². The first kappa shape index (κ1) is 19.6. The van der Waals surface area contributed by atoms with Crippen LogP contribution in [0.15, 0.2) is 48.5 Å². The summed E-state index contributed by atoms with van der Waals surface area (Å²) in [7, 11) is 1.71. The number of ether oxygens (including phenoxy) is 1. The molecule has 2 atom stereocenters. The van der Waals surface area contributed by atoms with Gasteiger partial charge in [-0.05, 0) is 36.1 Å². The average molecular weight is 394 g/mol. The van der Waals surface area contributed by atoms with Gasteiger partial charge in [0.2, 0.25) is 5.91 Å². The van der Waals surface area contributed by atoms with Gasteiger partial charge in [0.05, 0.1) is 19.1 Å². The number of piperazine rings is 1. The van der Waals surface area contributed by atoms with Crippen LogP contribution in [0, 0.1) is 11.8 Å². The lowest BCUT2D eigenvalue weighted by atomic mass is 9.83. The summed E-state index contributed by atoms with van der Waals surface area (Å²) in [5.74, 6) is 1.43. The Hall–Kier alpha value is -2.69. The fourth-order valence-corrected chi connectivity index (χ4v) is 4.51. The second kappa shape index (κ2) is 8.36. The van der Waals surface area contributed by atoms with Crippen molar-refractivity contribution < 1.29 is 9.53 Å². The minimum absolute atomic E-state index is 0.0545. The second-order valence-electron chi connectivity index (χ2n) is 8.49. The number of hydrogen-bond donors (Lipinski definition) is 1. The van der Waals surface area contributed by atoms with E-state index in [-0.39, 0.29) is 17.9 Å². The summed E-state index contributed by atoms with van der Waals surface area (Å²) in [4.78, 5) is 18.0. The Labute approximate surface area is 173 Å². The SMILES string of the molecule is COc1ccc2c(c1)N1CCN(c3ccccc3)CC1C(C(=O)NCC(C)C)C2. The van der Waals surface area contributed by atoms with Gasteiger partial charge in [0.15, 0.2) is 0 Å². The average Bonchev–Trinajstić information content (AvgIpc) is 2.76. The van der Waals surface area contributed by atoms with Gasteiger partial charge in [0.1, 0.15) is 5.75 Å². The quantitative estimate of drug-likeness (QED) is 0.846. The Kier molecular flexibility index (Phi) is 5.65. The van der Waals surface area contributed by atoms with Crippen molar-refractivity contribution in [2.45, 2.75) is 26.3 Å². The summed E-state index contributed by atoms with van der Waals surface area (Å²) in [5.41, 5.74) is 3.68. The number of methoxy groups -OCH3 is 1. The molecule has 1 saturated heterocycles. The molecule has 4 rings (SSSR count). The molecule has 154 valence electrons. The van der Waals surface area contributed by atoms with Crippen LogP contribution in [0.25, 0.3) is 0 Å². The number of fused-ring (bicyclic) bond motifs is 3. The van der Waals surface area contributed by atoms with E-state index in [1.807, 2.05) is 12.1 Å². The van der Waals surface area contributed by atoms with Crippen LogP contribution >= 0.6 is 0 Å². The molecule has 1 N–H and O–H groups in total. The van der Waals surface area contributed by atoms with E-state index in [2.05, 4.69) is 65.4 Å². The molecule has 2 aliphatic heterocycles. The number of carbonyl (C=O) groups is 1. The Bertz CT molecular complexity index is 852. The third-order valence-electron chi connectivity index (χ3n) is 6.07. The fourth-order valence-electron chi connectivity index (χ4n) is 4.51. The minimum atomic E-state index is -0.0545. The van der Waals surface area contributed by atoms with Gasteiger partial charge in [-0.25, -0.2) is 0 Å². The number of nitrogens with one attached hydrogen (secondary N) is 1. The lowest BCUT2D eigenvalue weighted by molar-refractivity contribution is -0.126. The second-order valence-corrected chi connectivity index (χ2v) is 8.49. The van der Waals surface area contributed by atoms with Gasteiger partial charge in [0.25, 0.3) is 0 Å². The molecule has 5 heteroatoms. The largest absolute Gasteiger partial charge is 0.497 e. The van der Waals surface area contributed by atoms with Gasteiger partial charge in [0, 0.05) is 43.6 Å². The van der Waals surface area contributed by atoms with Gasteiger partial charge in [-0.2, -0.15) is 0 Å². The molecule has 29 heavy (non-hydrogen) atoms. The zero-order valence-electron chi connectivity index (χ0n) is 17.6. The molecule has 0 bridgehead atoms. The van der Waals surface area contributed by atoms with Crippen LogP contribution in [-0.2, 0) is 11.2 Å². The van der Waals surface area contributed by atoms with Crippen LogP contribution in [0.2, 0.25) is 0 Å². The zero-order valence-corrected chi connectivity index (χ0v) is 17.6. The van der Waals surface area contributed by atoms with Gasteiger partial charge in [-0.3, -0.25) is 4.79 Å². The number of para-hydroxylation sites is 1.